The third-order valence-electron chi connectivity index (χ3n) is 5.57. The lowest BCUT2D eigenvalue weighted by Crippen LogP contribution is -2.49. The molecule has 0 saturated carbocycles. The van der Waals surface area contributed by atoms with Gasteiger partial charge in [0, 0.05) is 31.2 Å². The van der Waals surface area contributed by atoms with E-state index in [9.17, 15) is 13.2 Å². The second-order valence-electron chi connectivity index (χ2n) is 7.80. The highest BCUT2D eigenvalue weighted by molar-refractivity contribution is 8.00. The third kappa shape index (κ3) is 4.63. The van der Waals surface area contributed by atoms with Crippen molar-refractivity contribution < 1.29 is 13.2 Å². The van der Waals surface area contributed by atoms with Crippen LogP contribution in [0.15, 0.2) is 28.2 Å². The van der Waals surface area contributed by atoms with E-state index >= 15 is 0 Å². The molecule has 0 aromatic heterocycles. The molecule has 0 aliphatic carbocycles. The van der Waals surface area contributed by atoms with Crippen LogP contribution >= 0.6 is 0 Å². The summed E-state index contributed by atoms with van der Waals surface area (Å²) in [5.41, 5.74) is 3.56. The lowest BCUT2D eigenvalue weighted by molar-refractivity contribution is 0.226. The Hall–Kier alpha value is -2.35. The van der Waals surface area contributed by atoms with Gasteiger partial charge in [0.05, 0.1) is 0 Å². The van der Waals surface area contributed by atoms with Crippen LogP contribution in [-0.2, 0) is 10.0 Å². The largest absolute Gasteiger partial charge is 0.356 e. The Bertz CT molecular complexity index is 958. The molecule has 0 unspecified atom stereocenters. The highest BCUT2D eigenvalue weighted by atomic mass is 32.2. The van der Waals surface area contributed by atoms with Crippen molar-refractivity contribution in [2.24, 2.45) is 4.40 Å². The molecule has 2 aliphatic heterocycles. The van der Waals surface area contributed by atoms with Crippen LogP contribution in [0.2, 0.25) is 0 Å². The van der Waals surface area contributed by atoms with Gasteiger partial charge in [-0.1, -0.05) is 25.1 Å². The molecule has 0 spiro atoms. The second-order valence-corrected chi connectivity index (χ2v) is 9.35. The van der Waals surface area contributed by atoms with E-state index in [0.29, 0.717) is 41.5 Å². The number of nitrogens with one attached hydrogen (secondary N) is 2. The summed E-state index contributed by atoms with van der Waals surface area (Å²) in [6.07, 6.45) is 2.41. The summed E-state index contributed by atoms with van der Waals surface area (Å²) < 4.78 is 29.7. The number of carbonyl (C=O) groups excluding carboxylic acids is 1. The SMILES string of the molecule is CCCNC(=O)NC1CCN(C2=NS(=O)(=O)C(c3ccc(C)c(C)c3)=C2C)CC1. The highest BCUT2D eigenvalue weighted by Gasteiger charge is 2.35. The third-order valence-corrected chi connectivity index (χ3v) is 7.05. The fourth-order valence-electron chi connectivity index (χ4n) is 3.78. The molecule has 3 rings (SSSR count). The van der Waals surface area contributed by atoms with Gasteiger partial charge in [0.2, 0.25) is 0 Å². The molecule has 0 radical (unpaired) electrons. The molecule has 29 heavy (non-hydrogen) atoms. The average Bonchev–Trinajstić information content (AvgIpc) is 2.92. The Labute approximate surface area is 173 Å². The molecule has 1 saturated heterocycles. The maximum Gasteiger partial charge on any atom is 0.315 e. The smallest absolute Gasteiger partial charge is 0.315 e. The monoisotopic (exact) mass is 418 g/mol. The Morgan fingerprint density at radius 3 is 2.48 bits per heavy atom. The van der Waals surface area contributed by atoms with Gasteiger partial charge >= 0.3 is 6.03 Å². The van der Waals surface area contributed by atoms with Gasteiger partial charge in [-0.3, -0.25) is 0 Å². The van der Waals surface area contributed by atoms with E-state index in [0.717, 1.165) is 30.4 Å². The maximum absolute atomic E-state index is 12.8. The first-order valence-electron chi connectivity index (χ1n) is 10.2. The van der Waals surface area contributed by atoms with Crippen LogP contribution in [0.5, 0.6) is 0 Å². The van der Waals surface area contributed by atoms with Gasteiger partial charge in [-0.25, -0.2) is 4.79 Å². The highest BCUT2D eigenvalue weighted by Crippen LogP contribution is 2.35. The number of amidine groups is 1. The molecule has 2 heterocycles. The first-order chi connectivity index (χ1) is 13.7. The fraction of sp³-hybridized carbons (Fsp3) is 0.524. The first kappa shape index (κ1) is 21.4. The number of carbonyl (C=O) groups is 1. The summed E-state index contributed by atoms with van der Waals surface area (Å²) >= 11 is 0. The molecule has 2 aliphatic rings. The lowest BCUT2D eigenvalue weighted by atomic mass is 10.0. The Morgan fingerprint density at radius 1 is 1.17 bits per heavy atom. The van der Waals surface area contributed by atoms with Gasteiger partial charge in [0.1, 0.15) is 10.7 Å². The van der Waals surface area contributed by atoms with Crippen LogP contribution in [0, 0.1) is 13.8 Å². The number of likely N-dealkylation sites (tertiary alicyclic amines) is 1. The van der Waals surface area contributed by atoms with Crippen molar-refractivity contribution in [3.8, 4) is 0 Å². The number of urea groups is 1. The number of piperidine rings is 1. The quantitative estimate of drug-likeness (QED) is 0.787. The number of hydrogen-bond donors (Lipinski definition) is 2. The van der Waals surface area contributed by atoms with Gasteiger partial charge in [-0.2, -0.15) is 8.42 Å². The molecule has 0 bridgehead atoms. The van der Waals surface area contributed by atoms with E-state index < -0.39 is 10.0 Å². The number of nitrogens with zero attached hydrogens (tertiary/aromatic N) is 2. The Balaban J connectivity index is 1.73. The zero-order valence-electron chi connectivity index (χ0n) is 17.6. The van der Waals surface area contributed by atoms with Gasteiger partial charge < -0.3 is 15.5 Å². The summed E-state index contributed by atoms with van der Waals surface area (Å²) in [6.45, 7) is 9.80. The molecule has 1 aromatic rings. The molecular weight excluding hydrogens is 388 g/mol. The van der Waals surface area contributed by atoms with E-state index in [2.05, 4.69) is 15.0 Å². The van der Waals surface area contributed by atoms with Crippen LogP contribution in [0.3, 0.4) is 0 Å². The van der Waals surface area contributed by atoms with Gasteiger partial charge in [-0.05, 0) is 56.7 Å². The van der Waals surface area contributed by atoms with Crippen molar-refractivity contribution in [2.45, 2.75) is 53.0 Å². The van der Waals surface area contributed by atoms with E-state index in [1.54, 1.807) is 0 Å². The first-order valence-corrected chi connectivity index (χ1v) is 11.6. The van der Waals surface area contributed by atoms with Crippen LogP contribution in [-0.4, -0.2) is 50.9 Å². The summed E-state index contributed by atoms with van der Waals surface area (Å²) in [6, 6.07) is 5.65. The number of benzene rings is 1. The Morgan fingerprint density at radius 2 is 1.86 bits per heavy atom. The van der Waals surface area contributed by atoms with Gasteiger partial charge in [0.25, 0.3) is 10.0 Å². The number of hydrogen-bond acceptors (Lipinski definition) is 4. The van der Waals surface area contributed by atoms with E-state index in [1.807, 2.05) is 50.8 Å². The Kier molecular flexibility index (Phi) is 6.31. The van der Waals surface area contributed by atoms with Crippen molar-refractivity contribution in [1.29, 1.82) is 0 Å². The predicted molar refractivity (Wildman–Crippen MR) is 116 cm³/mol. The number of amides is 2. The standard InChI is InChI=1S/C21H30N4O3S/c1-5-10-22-21(26)23-18-8-11-25(12-9-18)20-16(4)19(29(27,28)24-20)17-7-6-14(2)15(3)13-17/h6-7,13,18H,5,8-12H2,1-4H3,(H2,22,23,26). The van der Waals surface area contributed by atoms with Crippen molar-refractivity contribution in [1.82, 2.24) is 15.5 Å². The molecule has 7 nitrogen and oxygen atoms in total. The average molecular weight is 419 g/mol. The molecular formula is C21H30N4O3S. The minimum absolute atomic E-state index is 0.0882. The zero-order valence-corrected chi connectivity index (χ0v) is 18.4. The molecule has 1 aromatic carbocycles. The van der Waals surface area contributed by atoms with Crippen LogP contribution in [0.1, 0.15) is 49.8 Å². The van der Waals surface area contributed by atoms with Gasteiger partial charge in [-0.15, -0.1) is 4.40 Å². The lowest BCUT2D eigenvalue weighted by Gasteiger charge is -2.33. The summed E-state index contributed by atoms with van der Waals surface area (Å²) in [7, 11) is -3.71. The molecule has 2 N–H and O–H groups in total. The van der Waals surface area contributed by atoms with Crippen LogP contribution < -0.4 is 10.6 Å². The summed E-state index contributed by atoms with van der Waals surface area (Å²) in [5.74, 6) is 0.534. The van der Waals surface area contributed by atoms with E-state index in [1.165, 1.54) is 0 Å². The van der Waals surface area contributed by atoms with E-state index in [4.69, 9.17) is 0 Å². The zero-order chi connectivity index (χ0) is 21.2. The van der Waals surface area contributed by atoms with Crippen molar-refractivity contribution in [3.63, 3.8) is 0 Å². The minimum Gasteiger partial charge on any atom is -0.356 e. The summed E-state index contributed by atoms with van der Waals surface area (Å²) in [4.78, 5) is 14.2. The van der Waals surface area contributed by atoms with Crippen molar-refractivity contribution >= 4 is 26.8 Å². The van der Waals surface area contributed by atoms with Crippen LogP contribution in [0.4, 0.5) is 4.79 Å². The second kappa shape index (κ2) is 8.57. The van der Waals surface area contributed by atoms with Crippen LogP contribution in [0.25, 0.3) is 4.91 Å². The maximum atomic E-state index is 12.8. The number of rotatable bonds is 4. The summed E-state index contributed by atoms with van der Waals surface area (Å²) in [5, 5.41) is 5.81. The van der Waals surface area contributed by atoms with Gasteiger partial charge in [0.15, 0.2) is 0 Å². The predicted octanol–water partition coefficient (Wildman–Crippen LogP) is 2.95. The number of sulfonamides is 1. The molecule has 1 fully saturated rings. The van der Waals surface area contributed by atoms with Crippen molar-refractivity contribution in [3.05, 3.63) is 40.5 Å². The normalized spacial score (nSPS) is 19.3. The van der Waals surface area contributed by atoms with E-state index in [-0.39, 0.29) is 12.1 Å². The van der Waals surface area contributed by atoms with Crippen molar-refractivity contribution in [2.75, 3.05) is 19.6 Å². The fourth-order valence-corrected chi connectivity index (χ4v) is 5.25. The number of aryl methyl sites for hydroxylation is 2. The molecule has 158 valence electrons. The molecule has 8 heteroatoms. The topological polar surface area (TPSA) is 90.9 Å². The molecule has 2 amide bonds. The molecule has 0 atom stereocenters. The minimum atomic E-state index is -3.71.